The first kappa shape index (κ1) is 31.5. The lowest BCUT2D eigenvalue weighted by Crippen LogP contribution is -2.42. The van der Waals surface area contributed by atoms with Gasteiger partial charge in [0.15, 0.2) is 16.7 Å². The number of carbonyl (C=O) groups excluding carboxylic acids is 1. The van der Waals surface area contributed by atoms with E-state index in [2.05, 4.69) is 26.9 Å². The van der Waals surface area contributed by atoms with Crippen molar-refractivity contribution in [3.8, 4) is 17.6 Å². The Labute approximate surface area is 245 Å². The number of nitrogens with two attached hydrogens (primary N) is 1. The molecule has 6 atom stereocenters. The lowest BCUT2D eigenvalue weighted by molar-refractivity contribution is -0.149. The number of aliphatic hydroxyl groups is 1. The van der Waals surface area contributed by atoms with Crippen LogP contribution in [0.1, 0.15) is 27.0 Å². The number of nitrogens with zero attached hydrogens (tertiary/aromatic N) is 2. The second-order valence-corrected chi connectivity index (χ2v) is 11.9. The molecule has 1 aliphatic rings. The molecule has 0 radical (unpaired) electrons. The number of hydrogen-bond donors (Lipinski definition) is 4. The standard InChI is InChI=1S/C26H30ClFN5O8P/c1-15(2)39-23(36)16(3)32-42(37,41-17-8-5-4-6-9-17)38-14-19-20(34)26(27,11-7-12-28)24(40-19)33-13-10-18-21(33)30-25(29)31-22(18)35/h4-6,8-10,13,15-16,19-20,24,34H,12,14H2,1-3H3,(H,32,37)(H3,29,30,31,35)/t16-,19+,20?,24+,26+,42?/m0/s1. The molecule has 0 saturated carbocycles. The first-order chi connectivity index (χ1) is 19.9. The molecule has 1 saturated heterocycles. The molecule has 5 N–H and O–H groups in total. The molecule has 1 aromatic carbocycles. The Morgan fingerprint density at radius 3 is 2.74 bits per heavy atom. The second-order valence-electron chi connectivity index (χ2n) is 9.62. The average Bonchev–Trinajstić information content (AvgIpc) is 3.45. The van der Waals surface area contributed by atoms with E-state index in [-0.39, 0.29) is 22.7 Å². The molecule has 4 rings (SSSR count). The van der Waals surface area contributed by atoms with E-state index in [1.165, 1.54) is 35.9 Å². The molecule has 1 aliphatic heterocycles. The van der Waals surface area contributed by atoms with Crippen LogP contribution in [0.4, 0.5) is 10.3 Å². The van der Waals surface area contributed by atoms with Crippen LogP contribution in [0.3, 0.4) is 0 Å². The van der Waals surface area contributed by atoms with Crippen molar-refractivity contribution < 1.29 is 37.4 Å². The molecular weight excluding hydrogens is 596 g/mol. The van der Waals surface area contributed by atoms with Crippen LogP contribution in [0.5, 0.6) is 5.75 Å². The fourth-order valence-electron chi connectivity index (χ4n) is 4.21. The first-order valence-corrected chi connectivity index (χ1v) is 14.7. The smallest absolute Gasteiger partial charge is 0.459 e. The molecule has 16 heteroatoms. The Balaban J connectivity index is 1.63. The monoisotopic (exact) mass is 625 g/mol. The summed E-state index contributed by atoms with van der Waals surface area (Å²) >= 11 is 6.77. The zero-order chi connectivity index (χ0) is 30.7. The maximum Gasteiger partial charge on any atom is 0.459 e. The number of carbonyl (C=O) groups is 1. The third-order valence-corrected chi connectivity index (χ3v) is 8.23. The number of anilines is 1. The number of aliphatic hydroxyl groups excluding tert-OH is 1. The van der Waals surface area contributed by atoms with Crippen molar-refractivity contribution in [2.24, 2.45) is 0 Å². The van der Waals surface area contributed by atoms with Gasteiger partial charge in [0, 0.05) is 6.20 Å². The predicted molar refractivity (Wildman–Crippen MR) is 151 cm³/mol. The van der Waals surface area contributed by atoms with Crippen molar-refractivity contribution >= 4 is 42.3 Å². The summed E-state index contributed by atoms with van der Waals surface area (Å²) in [4.78, 5) is 29.3. The lowest BCUT2D eigenvalue weighted by Gasteiger charge is -2.26. The number of fused-ring (bicyclic) bond motifs is 1. The van der Waals surface area contributed by atoms with E-state index in [1.54, 1.807) is 32.0 Å². The highest BCUT2D eigenvalue weighted by molar-refractivity contribution is 7.52. The summed E-state index contributed by atoms with van der Waals surface area (Å²) in [5, 5.41) is 13.9. The van der Waals surface area contributed by atoms with Crippen LogP contribution in [-0.2, 0) is 23.4 Å². The number of aromatic amines is 1. The number of halogens is 2. The Morgan fingerprint density at radius 1 is 1.36 bits per heavy atom. The summed E-state index contributed by atoms with van der Waals surface area (Å²) in [6, 6.07) is 8.37. The number of nitrogens with one attached hydrogen (secondary N) is 2. The molecule has 0 bridgehead atoms. The van der Waals surface area contributed by atoms with Crippen LogP contribution in [-0.4, -0.2) is 68.1 Å². The molecule has 3 heterocycles. The van der Waals surface area contributed by atoms with E-state index in [9.17, 15) is 23.7 Å². The molecule has 0 aliphatic carbocycles. The molecule has 226 valence electrons. The van der Waals surface area contributed by atoms with Crippen molar-refractivity contribution in [1.29, 1.82) is 0 Å². The number of benzene rings is 1. The molecule has 0 amide bonds. The third kappa shape index (κ3) is 6.78. The maximum absolute atomic E-state index is 13.9. The van der Waals surface area contributed by atoms with Gasteiger partial charge in [0.1, 0.15) is 30.7 Å². The van der Waals surface area contributed by atoms with Crippen molar-refractivity contribution in [1.82, 2.24) is 19.6 Å². The number of nitrogen functional groups attached to an aromatic ring is 1. The van der Waals surface area contributed by atoms with Crippen molar-refractivity contribution in [2.75, 3.05) is 19.0 Å². The van der Waals surface area contributed by atoms with E-state index in [0.29, 0.717) is 0 Å². The van der Waals surface area contributed by atoms with Gasteiger partial charge in [-0.2, -0.15) is 10.1 Å². The molecule has 3 aromatic rings. The molecule has 13 nitrogen and oxygen atoms in total. The zero-order valence-electron chi connectivity index (χ0n) is 22.8. The Kier molecular flexibility index (Phi) is 9.62. The molecule has 2 unspecified atom stereocenters. The summed E-state index contributed by atoms with van der Waals surface area (Å²) in [5.41, 5.74) is 5.26. The highest BCUT2D eigenvalue weighted by Crippen LogP contribution is 2.48. The van der Waals surface area contributed by atoms with Crippen LogP contribution in [0, 0.1) is 11.8 Å². The number of ether oxygens (including phenoxy) is 2. The van der Waals surface area contributed by atoms with Gasteiger partial charge in [0.2, 0.25) is 5.95 Å². The number of H-pyrrole nitrogens is 1. The summed E-state index contributed by atoms with van der Waals surface area (Å²) < 4.78 is 50.7. The van der Waals surface area contributed by atoms with Gasteiger partial charge < -0.3 is 29.4 Å². The minimum Gasteiger partial charge on any atom is -0.462 e. The summed E-state index contributed by atoms with van der Waals surface area (Å²) in [7, 11) is -4.33. The zero-order valence-corrected chi connectivity index (χ0v) is 24.5. The van der Waals surface area contributed by atoms with Crippen LogP contribution in [0.2, 0.25) is 0 Å². The largest absolute Gasteiger partial charge is 0.462 e. The number of aromatic nitrogens is 3. The average molecular weight is 626 g/mol. The van der Waals surface area contributed by atoms with Crippen LogP contribution < -0.4 is 20.9 Å². The van der Waals surface area contributed by atoms with E-state index < -0.39 is 68.0 Å². The van der Waals surface area contributed by atoms with E-state index >= 15 is 0 Å². The second kappa shape index (κ2) is 12.8. The highest BCUT2D eigenvalue weighted by Gasteiger charge is 2.56. The van der Waals surface area contributed by atoms with Gasteiger partial charge in [-0.1, -0.05) is 41.6 Å². The predicted octanol–water partition coefficient (Wildman–Crippen LogP) is 2.65. The molecular formula is C26H30ClFN5O8P. The topological polar surface area (TPSA) is 180 Å². The van der Waals surface area contributed by atoms with Crippen LogP contribution in [0.15, 0.2) is 47.4 Å². The van der Waals surface area contributed by atoms with Crippen molar-refractivity contribution in [3.63, 3.8) is 0 Å². The Hall–Kier alpha value is -3.44. The summed E-state index contributed by atoms with van der Waals surface area (Å²) in [6.07, 6.45) is -3.26. The van der Waals surface area contributed by atoms with Gasteiger partial charge in [0.25, 0.3) is 5.56 Å². The SMILES string of the molecule is CC(C)OC(=O)[C@H](C)NP(=O)(OC[C@H]1O[C@@H](n2ccc3c(=O)[nH]c(N)nc32)[C@@](Cl)(C#CCF)C1O)Oc1ccccc1. The number of esters is 1. The Morgan fingerprint density at radius 2 is 2.07 bits per heavy atom. The van der Waals surface area contributed by atoms with Crippen LogP contribution in [0.25, 0.3) is 11.0 Å². The van der Waals surface area contributed by atoms with Gasteiger partial charge >= 0.3 is 13.7 Å². The van der Waals surface area contributed by atoms with Gasteiger partial charge in [-0.3, -0.25) is 19.1 Å². The quantitative estimate of drug-likeness (QED) is 0.113. The van der Waals surface area contributed by atoms with Gasteiger partial charge in [-0.15, -0.1) is 0 Å². The molecule has 42 heavy (non-hydrogen) atoms. The van der Waals surface area contributed by atoms with Crippen LogP contribution >= 0.6 is 19.3 Å². The minimum atomic E-state index is -4.33. The van der Waals surface area contributed by atoms with Crippen molar-refractivity contribution in [2.45, 2.75) is 56.2 Å². The lowest BCUT2D eigenvalue weighted by atomic mass is 9.99. The highest BCUT2D eigenvalue weighted by atomic mass is 35.5. The fourth-order valence-corrected chi connectivity index (χ4v) is 6.08. The van der Waals surface area contributed by atoms with E-state index in [0.717, 1.165) is 0 Å². The number of rotatable bonds is 10. The number of para-hydroxylation sites is 1. The third-order valence-electron chi connectivity index (χ3n) is 6.08. The molecule has 1 fully saturated rings. The van der Waals surface area contributed by atoms with Gasteiger partial charge in [-0.25, -0.2) is 8.96 Å². The maximum atomic E-state index is 13.9. The molecule has 0 spiro atoms. The summed E-state index contributed by atoms with van der Waals surface area (Å²) in [5.74, 6) is 3.97. The van der Waals surface area contributed by atoms with Crippen molar-refractivity contribution in [3.05, 3.63) is 52.9 Å². The summed E-state index contributed by atoms with van der Waals surface area (Å²) in [6.45, 7) is 3.09. The van der Waals surface area contributed by atoms with E-state index in [1.807, 2.05) is 0 Å². The van der Waals surface area contributed by atoms with Gasteiger partial charge in [-0.05, 0) is 39.0 Å². The van der Waals surface area contributed by atoms with Gasteiger partial charge in [0.05, 0.1) is 18.1 Å². The normalized spacial score (nSPS) is 24.1. The molecule has 2 aromatic heterocycles. The fraction of sp³-hybridized carbons (Fsp3) is 0.423. The van der Waals surface area contributed by atoms with E-state index in [4.69, 9.17) is 35.9 Å². The number of alkyl halides is 2. The minimum absolute atomic E-state index is 0.0688. The number of hydrogen-bond acceptors (Lipinski definition) is 10. The Bertz CT molecular complexity index is 1590. The first-order valence-electron chi connectivity index (χ1n) is 12.8.